The lowest BCUT2D eigenvalue weighted by Crippen LogP contribution is -1.99. The van der Waals surface area contributed by atoms with Gasteiger partial charge < -0.3 is 29.0 Å². The summed E-state index contributed by atoms with van der Waals surface area (Å²) in [7, 11) is 3.92. The summed E-state index contributed by atoms with van der Waals surface area (Å²) < 4.78 is 61.1. The van der Waals surface area contributed by atoms with Crippen molar-refractivity contribution >= 4 is 74.1 Å². The van der Waals surface area contributed by atoms with Crippen LogP contribution in [-0.4, -0.2) is 35.2 Å². The number of aromatic hydroxyl groups is 1. The summed E-state index contributed by atoms with van der Waals surface area (Å²) >= 11 is 12.7. The van der Waals surface area contributed by atoms with Gasteiger partial charge in [-0.1, -0.05) is 198 Å². The molecule has 9 aromatic carbocycles. The van der Waals surface area contributed by atoms with E-state index < -0.39 is 17.5 Å². The SMILES string of the molecule is BrB(Br)Br.C.CCCc1ccc(-c2ccc(O)cc2)cc1.CCCc1ccc(-c2ccc(OC)cc2)cc1.CCCc1ccc(-c2ccc(OCc3cc(F)c(F)c(F)c3)cc2)cc1.CCCc1ccc(Br)cc1.COc1ccc(O[B]O)cc1. The molecule has 0 aromatic heterocycles. The zero-order chi connectivity index (χ0) is 61.1. The van der Waals surface area contributed by atoms with Crippen LogP contribution in [0.1, 0.15) is 88.6 Å². The molecule has 0 amide bonds. The first-order valence-corrected chi connectivity index (χ1v) is 31.2. The van der Waals surface area contributed by atoms with Crippen molar-refractivity contribution in [1.29, 1.82) is 0 Å². The van der Waals surface area contributed by atoms with Gasteiger partial charge >= 0.3 is 10.9 Å². The van der Waals surface area contributed by atoms with Crippen LogP contribution in [0.15, 0.2) is 211 Å². The summed E-state index contributed by atoms with van der Waals surface area (Å²) in [4.78, 5) is 0. The predicted octanol–water partition coefficient (Wildman–Crippen LogP) is 21.4. The number of methoxy groups -OCH3 is 2. The number of aryl methyl sites for hydroxylation is 4. The molecule has 1 radical (unpaired) electrons. The summed E-state index contributed by atoms with van der Waals surface area (Å²) in [6.07, 6.45) is 9.26. The lowest BCUT2D eigenvalue weighted by molar-refractivity contribution is 0.303. The van der Waals surface area contributed by atoms with Gasteiger partial charge in [0, 0.05) is 4.47 Å². The van der Waals surface area contributed by atoms with Crippen LogP contribution in [0.4, 0.5) is 13.2 Å². The van der Waals surface area contributed by atoms with E-state index in [2.05, 4.69) is 205 Å². The number of benzene rings is 9. The molecule has 0 bridgehead atoms. The van der Waals surface area contributed by atoms with Crippen molar-refractivity contribution in [3.8, 4) is 62.1 Å². The van der Waals surface area contributed by atoms with E-state index in [4.69, 9.17) is 19.2 Å². The van der Waals surface area contributed by atoms with Crippen LogP contribution >= 0.6 is 63.2 Å². The fourth-order valence-electron chi connectivity index (χ4n) is 8.15. The van der Waals surface area contributed by atoms with E-state index >= 15 is 0 Å². The fraction of sp³-hybridized carbons (Fsp3) is 0.229. The summed E-state index contributed by atoms with van der Waals surface area (Å²) in [6, 6.07) is 66.0. The Bertz CT molecular complexity index is 3170. The molecule has 0 heterocycles. The maximum Gasteiger partial charge on any atom is 0.569 e. The van der Waals surface area contributed by atoms with Crippen molar-refractivity contribution in [1.82, 2.24) is 0 Å². The van der Waals surface area contributed by atoms with Crippen LogP contribution < -0.4 is 18.9 Å². The largest absolute Gasteiger partial charge is 0.569 e. The van der Waals surface area contributed by atoms with Gasteiger partial charge in [0.1, 0.15) is 35.4 Å². The standard InChI is InChI=1S/C22H19F3O.C16H18O.C15H16O.C9H11Br.C7H8BO3.CH4.BBr3/c1-2-3-15-4-6-17(7-5-15)18-8-10-19(11-9-18)26-14-16-12-20(23)22(25)21(24)13-16;1-3-4-13-5-7-14(8-6-13)15-9-11-16(17-2)12-10-15;1-2-3-12-4-6-13(7-5-12)14-8-10-15(16)11-9-14;1-2-3-8-4-6-9(10)7-5-8;1-10-6-2-4-7(5-3-6)11-8-9;;2-1(3)4/h4-13H,2-3,14H2,1H3;5-12H,3-4H2,1-2H3;4-11,16H,2-3H2,1H3;4-7H,2-3H2,1H3;2-5,9H,1H3;1H4;. The fourth-order valence-corrected chi connectivity index (χ4v) is 8.42. The lowest BCUT2D eigenvalue weighted by atomic mass is 10.0. The van der Waals surface area contributed by atoms with Gasteiger partial charge in [-0.2, -0.15) is 0 Å². The van der Waals surface area contributed by atoms with Crippen molar-refractivity contribution in [3.63, 3.8) is 0 Å². The Morgan fingerprint density at radius 3 is 0.988 bits per heavy atom. The van der Waals surface area contributed by atoms with E-state index in [0.29, 0.717) is 24.9 Å². The van der Waals surface area contributed by atoms with Gasteiger partial charge in [-0.25, -0.2) is 13.2 Å². The van der Waals surface area contributed by atoms with E-state index in [1.807, 2.05) is 36.4 Å². The molecule has 9 rings (SSSR count). The molecule has 6 nitrogen and oxygen atoms in total. The van der Waals surface area contributed by atoms with Crippen molar-refractivity contribution in [2.24, 2.45) is 0 Å². The van der Waals surface area contributed by atoms with Crippen LogP contribution in [0.5, 0.6) is 28.7 Å². The van der Waals surface area contributed by atoms with Gasteiger partial charge in [0.2, 0.25) is 0 Å². The third-order valence-electron chi connectivity index (χ3n) is 12.4. The first-order valence-electron chi connectivity index (χ1n) is 27.6. The van der Waals surface area contributed by atoms with Crippen molar-refractivity contribution < 1.29 is 42.2 Å². The molecule has 0 aliphatic rings. The molecule has 0 saturated heterocycles. The molecule has 9 aromatic rings. The second-order valence-corrected chi connectivity index (χ2v) is 26.2. The predicted molar refractivity (Wildman–Crippen MR) is 365 cm³/mol. The average Bonchev–Trinajstić information content (AvgIpc) is 3.71. The molecule has 0 aliphatic carbocycles. The second kappa shape index (κ2) is 41.8. The first kappa shape index (κ1) is 73.0. The summed E-state index contributed by atoms with van der Waals surface area (Å²) in [5.74, 6) is -0.785. The third-order valence-corrected chi connectivity index (χ3v) is 13.0. The number of ether oxygens (including phenoxy) is 3. The Labute approximate surface area is 537 Å². The highest BCUT2D eigenvalue weighted by atomic mass is 79.9. The Morgan fingerprint density at radius 1 is 0.412 bits per heavy atom. The van der Waals surface area contributed by atoms with Crippen molar-refractivity contribution in [2.75, 3.05) is 14.2 Å². The van der Waals surface area contributed by atoms with Crippen LogP contribution in [-0.2, 0) is 32.3 Å². The van der Waals surface area contributed by atoms with Gasteiger partial charge in [-0.05, 0) is 172 Å². The van der Waals surface area contributed by atoms with Gasteiger partial charge in [0.25, 0.3) is 0 Å². The topological polar surface area (TPSA) is 77.4 Å². The zero-order valence-corrected chi connectivity index (χ0v) is 54.7. The van der Waals surface area contributed by atoms with Crippen LogP contribution in [0, 0.1) is 17.5 Å². The Hall–Kier alpha value is -6.22. The second-order valence-electron chi connectivity index (χ2n) is 18.8. The zero-order valence-electron chi connectivity index (χ0n) is 48.3. The molecule has 0 atom stereocenters. The molecule has 0 spiro atoms. The molecule has 2 N–H and O–H groups in total. The number of halogens is 7. The number of hydrogen-bond acceptors (Lipinski definition) is 6. The van der Waals surface area contributed by atoms with Crippen LogP contribution in [0.2, 0.25) is 0 Å². The highest BCUT2D eigenvalue weighted by molar-refractivity contribution is 9.69. The number of rotatable bonds is 18. The van der Waals surface area contributed by atoms with Gasteiger partial charge in [-0.15, -0.1) is 47.3 Å². The molecule has 447 valence electrons. The van der Waals surface area contributed by atoms with E-state index in [-0.39, 0.29) is 22.8 Å². The Morgan fingerprint density at radius 2 is 0.682 bits per heavy atom. The third kappa shape index (κ3) is 28.2. The van der Waals surface area contributed by atoms with Crippen LogP contribution in [0.3, 0.4) is 0 Å². The molecular weight excluding hydrogens is 1330 g/mol. The Kier molecular flexibility index (Phi) is 35.9. The highest BCUT2D eigenvalue weighted by Gasteiger charge is 2.11. The van der Waals surface area contributed by atoms with Crippen LogP contribution in [0.25, 0.3) is 33.4 Å². The van der Waals surface area contributed by atoms with E-state index in [9.17, 15) is 18.3 Å². The quantitative estimate of drug-likeness (QED) is 0.0658. The average molecular weight is 1410 g/mol. The van der Waals surface area contributed by atoms with Gasteiger partial charge in [0.15, 0.2) is 17.5 Å². The lowest BCUT2D eigenvalue weighted by Gasteiger charge is -2.09. The molecular formula is C70H76B2Br4F3O6. The summed E-state index contributed by atoms with van der Waals surface area (Å²) in [5.41, 5.74) is 12.7. The summed E-state index contributed by atoms with van der Waals surface area (Å²) in [5, 5.41) is 17.5. The molecule has 0 fully saturated rings. The minimum atomic E-state index is -1.47. The molecule has 0 saturated carbocycles. The number of phenolic OH excluding ortho intramolecular Hbond substituents is 1. The maximum absolute atomic E-state index is 13.2. The van der Waals surface area contributed by atoms with E-state index in [1.165, 1.54) is 64.6 Å². The van der Waals surface area contributed by atoms with Crippen molar-refractivity contribution in [2.45, 2.75) is 93.1 Å². The first-order chi connectivity index (χ1) is 40.6. The normalized spacial score (nSPS) is 9.91. The van der Waals surface area contributed by atoms with E-state index in [0.717, 1.165) is 70.5 Å². The minimum Gasteiger partial charge on any atom is -0.537 e. The highest BCUT2D eigenvalue weighted by Crippen LogP contribution is 2.27. The van der Waals surface area contributed by atoms with Crippen molar-refractivity contribution in [3.05, 3.63) is 256 Å². The Balaban J connectivity index is 0.000000284. The smallest absolute Gasteiger partial charge is 0.537 e. The number of hydrogen-bond donors (Lipinski definition) is 2. The van der Waals surface area contributed by atoms with E-state index in [1.54, 1.807) is 62.8 Å². The number of phenols is 1. The maximum atomic E-state index is 13.2. The molecule has 0 unspecified atom stereocenters. The molecule has 0 aliphatic heterocycles. The monoisotopic (exact) mass is 1410 g/mol. The van der Waals surface area contributed by atoms with Gasteiger partial charge in [0.05, 0.1) is 14.2 Å². The summed E-state index contributed by atoms with van der Waals surface area (Å²) in [6.45, 7) is 8.70. The molecule has 85 heavy (non-hydrogen) atoms. The minimum absolute atomic E-state index is 0. The molecule has 15 heteroatoms. The van der Waals surface area contributed by atoms with Gasteiger partial charge in [-0.3, -0.25) is 0 Å².